The fourth-order valence-electron chi connectivity index (χ4n) is 6.39. The van der Waals surface area contributed by atoms with E-state index in [9.17, 15) is 24.3 Å². The van der Waals surface area contributed by atoms with E-state index in [0.29, 0.717) is 24.0 Å². The third-order valence-corrected chi connectivity index (χ3v) is 8.16. The van der Waals surface area contributed by atoms with Crippen molar-refractivity contribution in [3.8, 4) is 0 Å². The van der Waals surface area contributed by atoms with Crippen molar-refractivity contribution in [1.29, 1.82) is 0 Å². The smallest absolute Gasteiger partial charge is 0.310 e. The van der Waals surface area contributed by atoms with Gasteiger partial charge >= 0.3 is 17.9 Å². The van der Waals surface area contributed by atoms with Crippen molar-refractivity contribution in [2.45, 2.75) is 85.0 Å². The average Bonchev–Trinajstić information content (AvgIpc) is 2.71. The third-order valence-electron chi connectivity index (χ3n) is 8.16. The van der Waals surface area contributed by atoms with Crippen LogP contribution in [0.5, 0.6) is 0 Å². The molecule has 1 saturated carbocycles. The van der Waals surface area contributed by atoms with Crippen LogP contribution in [0.1, 0.15) is 67.2 Å². The first-order valence-electron chi connectivity index (χ1n) is 11.3. The molecule has 3 aliphatic rings. The van der Waals surface area contributed by atoms with Crippen LogP contribution < -0.4 is 0 Å². The van der Waals surface area contributed by atoms with Crippen LogP contribution in [0.2, 0.25) is 0 Å². The Balaban J connectivity index is 2.29. The van der Waals surface area contributed by atoms with Gasteiger partial charge in [0.1, 0.15) is 11.7 Å². The molecule has 0 aromatic rings. The molecule has 1 fully saturated rings. The summed E-state index contributed by atoms with van der Waals surface area (Å²) in [5, 5.41) is 12.4. The molecule has 0 heterocycles. The van der Waals surface area contributed by atoms with E-state index in [1.54, 1.807) is 13.0 Å². The molecule has 0 aromatic carbocycles. The Morgan fingerprint density at radius 2 is 1.73 bits per heavy atom. The lowest BCUT2D eigenvalue weighted by molar-refractivity contribution is -0.283. The van der Waals surface area contributed by atoms with Gasteiger partial charge in [0.15, 0.2) is 11.9 Å². The van der Waals surface area contributed by atoms with E-state index in [2.05, 4.69) is 0 Å². The van der Waals surface area contributed by atoms with Crippen molar-refractivity contribution in [1.82, 2.24) is 0 Å². The van der Waals surface area contributed by atoms with Gasteiger partial charge in [-0.3, -0.25) is 19.2 Å². The summed E-state index contributed by atoms with van der Waals surface area (Å²) >= 11 is 0. The van der Waals surface area contributed by atoms with Crippen LogP contribution in [0, 0.1) is 16.7 Å². The van der Waals surface area contributed by atoms with Crippen molar-refractivity contribution in [2.75, 3.05) is 7.11 Å². The minimum atomic E-state index is -1.61. The zero-order valence-corrected chi connectivity index (χ0v) is 20.4. The van der Waals surface area contributed by atoms with Gasteiger partial charge in [-0.2, -0.15) is 0 Å². The lowest BCUT2D eigenvalue weighted by atomic mass is 9.42. The molecule has 0 bridgehead atoms. The van der Waals surface area contributed by atoms with E-state index in [4.69, 9.17) is 14.2 Å². The van der Waals surface area contributed by atoms with E-state index in [0.717, 1.165) is 5.57 Å². The maximum atomic E-state index is 13.2. The molecule has 3 aliphatic carbocycles. The van der Waals surface area contributed by atoms with Gasteiger partial charge < -0.3 is 19.3 Å². The molecular weight excluding hydrogens is 428 g/mol. The van der Waals surface area contributed by atoms with E-state index >= 15 is 0 Å². The summed E-state index contributed by atoms with van der Waals surface area (Å²) < 4.78 is 16.2. The Morgan fingerprint density at radius 1 is 1.12 bits per heavy atom. The fourth-order valence-corrected chi connectivity index (χ4v) is 6.39. The number of rotatable bonds is 4. The second-order valence-corrected chi connectivity index (χ2v) is 10.3. The molecule has 0 spiro atoms. The highest BCUT2D eigenvalue weighted by Gasteiger charge is 2.72. The quantitative estimate of drug-likeness (QED) is 0.501. The predicted octanol–water partition coefficient (Wildman–Crippen LogP) is 2.82. The maximum Gasteiger partial charge on any atom is 0.310 e. The summed E-state index contributed by atoms with van der Waals surface area (Å²) in [7, 11) is 1.26. The lowest BCUT2D eigenvalue weighted by Crippen LogP contribution is -2.74. The number of fused-ring (bicyclic) bond motifs is 3. The van der Waals surface area contributed by atoms with Gasteiger partial charge in [0, 0.05) is 37.2 Å². The van der Waals surface area contributed by atoms with Crippen LogP contribution in [-0.2, 0) is 33.4 Å². The average molecular weight is 463 g/mol. The Bertz CT molecular complexity index is 957. The summed E-state index contributed by atoms with van der Waals surface area (Å²) in [5.41, 5.74) is -1.78. The van der Waals surface area contributed by atoms with E-state index < -0.39 is 52.5 Å². The Morgan fingerprint density at radius 3 is 2.27 bits per heavy atom. The third kappa shape index (κ3) is 3.72. The zero-order chi connectivity index (χ0) is 24.9. The second-order valence-electron chi connectivity index (χ2n) is 10.3. The maximum absolute atomic E-state index is 13.2. The number of allylic oxidation sites excluding steroid dienone is 2. The SMILES string of the molecule is COC(=O)CC1=C(C)C2=C[C@H](OC(C)=O)[C@@]3(O)C(C)(C)CC[C@H](OC(C)=O)[C@]3(C)[C@H]2CC1=O. The molecule has 3 rings (SSSR count). The molecule has 5 atom stereocenters. The summed E-state index contributed by atoms with van der Waals surface area (Å²) in [4.78, 5) is 49.2. The Labute approximate surface area is 194 Å². The first-order chi connectivity index (χ1) is 15.2. The van der Waals surface area contributed by atoms with Gasteiger partial charge in [0.2, 0.25) is 0 Å². The molecule has 0 unspecified atom stereocenters. The van der Waals surface area contributed by atoms with E-state index in [1.807, 2.05) is 20.8 Å². The van der Waals surface area contributed by atoms with Crippen LogP contribution in [0.4, 0.5) is 0 Å². The van der Waals surface area contributed by atoms with Crippen LogP contribution in [0.15, 0.2) is 22.8 Å². The summed E-state index contributed by atoms with van der Waals surface area (Å²) in [6, 6.07) is 0. The van der Waals surface area contributed by atoms with Crippen LogP contribution in [-0.4, -0.2) is 53.7 Å². The van der Waals surface area contributed by atoms with Gasteiger partial charge in [-0.15, -0.1) is 0 Å². The van der Waals surface area contributed by atoms with Gasteiger partial charge in [0.25, 0.3) is 0 Å². The van der Waals surface area contributed by atoms with Gasteiger partial charge in [-0.05, 0) is 42.4 Å². The molecule has 0 aliphatic heterocycles. The highest BCUT2D eigenvalue weighted by Crippen LogP contribution is 2.65. The molecular formula is C25H34O8. The minimum Gasteiger partial charge on any atom is -0.469 e. The fraction of sp³-hybridized carbons (Fsp3) is 0.680. The number of aliphatic hydroxyl groups is 1. The second kappa shape index (κ2) is 8.38. The monoisotopic (exact) mass is 462 g/mol. The number of hydrogen-bond acceptors (Lipinski definition) is 8. The molecule has 8 nitrogen and oxygen atoms in total. The topological polar surface area (TPSA) is 116 Å². The number of esters is 3. The molecule has 182 valence electrons. The van der Waals surface area contributed by atoms with Crippen molar-refractivity contribution < 1.29 is 38.5 Å². The van der Waals surface area contributed by atoms with Gasteiger partial charge in [0.05, 0.1) is 13.5 Å². The molecule has 8 heteroatoms. The molecule has 0 saturated heterocycles. The van der Waals surface area contributed by atoms with Crippen LogP contribution >= 0.6 is 0 Å². The van der Waals surface area contributed by atoms with E-state index in [1.165, 1.54) is 21.0 Å². The molecule has 33 heavy (non-hydrogen) atoms. The van der Waals surface area contributed by atoms with Crippen molar-refractivity contribution >= 4 is 23.7 Å². The van der Waals surface area contributed by atoms with Gasteiger partial charge in [-0.1, -0.05) is 20.8 Å². The number of hydrogen-bond donors (Lipinski definition) is 1. The Kier molecular flexibility index (Phi) is 6.39. The minimum absolute atomic E-state index is 0.0367. The number of methoxy groups -OCH3 is 1. The highest BCUT2D eigenvalue weighted by molar-refractivity contribution is 6.02. The molecule has 0 radical (unpaired) electrons. The summed E-state index contributed by atoms with van der Waals surface area (Å²) in [6.45, 7) is 9.97. The van der Waals surface area contributed by atoms with Crippen molar-refractivity contribution in [3.63, 3.8) is 0 Å². The summed E-state index contributed by atoms with van der Waals surface area (Å²) in [5.74, 6) is -2.26. The number of ether oxygens (including phenoxy) is 3. The number of ketones is 1. The van der Waals surface area contributed by atoms with Crippen molar-refractivity contribution in [2.24, 2.45) is 16.7 Å². The first kappa shape index (κ1) is 25.1. The first-order valence-corrected chi connectivity index (χ1v) is 11.3. The zero-order valence-electron chi connectivity index (χ0n) is 20.4. The number of carbonyl (C=O) groups is 4. The summed E-state index contributed by atoms with van der Waals surface area (Å²) in [6.07, 6.45) is 0.891. The standard InChI is InChI=1S/C25H34O8/c1-13-16-10-21(33-15(3)27)25(30)23(4,5)9-8-20(32-14(2)26)24(25,6)18(16)12-19(28)17(13)11-22(29)31-7/h10,18,20-21,30H,8-9,11-12H2,1-7H3/t18-,20-,21-,24-,25+/m0/s1. The molecule has 0 amide bonds. The molecule has 1 N–H and O–H groups in total. The van der Waals surface area contributed by atoms with Crippen LogP contribution in [0.25, 0.3) is 0 Å². The highest BCUT2D eigenvalue weighted by atomic mass is 16.6. The van der Waals surface area contributed by atoms with Gasteiger partial charge in [-0.25, -0.2) is 0 Å². The number of carbonyl (C=O) groups excluding carboxylic acids is 4. The lowest BCUT2D eigenvalue weighted by Gasteiger charge is -2.66. The van der Waals surface area contributed by atoms with Crippen LogP contribution in [0.3, 0.4) is 0 Å². The Hall–Kier alpha value is -2.48. The number of Topliss-reactive ketones (excluding diaryl/α,β-unsaturated/α-hetero) is 1. The largest absolute Gasteiger partial charge is 0.469 e. The predicted molar refractivity (Wildman–Crippen MR) is 118 cm³/mol. The normalized spacial score (nSPS) is 35.1. The molecule has 0 aromatic heterocycles. The van der Waals surface area contributed by atoms with Crippen molar-refractivity contribution in [3.05, 3.63) is 22.8 Å². The van der Waals surface area contributed by atoms with E-state index in [-0.39, 0.29) is 18.6 Å².